The molecule has 0 radical (unpaired) electrons. The van der Waals surface area contributed by atoms with Gasteiger partial charge in [0.1, 0.15) is 10.8 Å². The average molecular weight is 417 g/mol. The summed E-state index contributed by atoms with van der Waals surface area (Å²) >= 11 is 0.582. The number of thioether (sulfide) groups is 1. The van der Waals surface area contributed by atoms with E-state index in [4.69, 9.17) is 4.43 Å². The Morgan fingerprint density at radius 2 is 1.85 bits per heavy atom. The van der Waals surface area contributed by atoms with Crippen LogP contribution in [0.1, 0.15) is 60.2 Å². The summed E-state index contributed by atoms with van der Waals surface area (Å²) in [4.78, 5) is 5.76. The first kappa shape index (κ1) is 24.0. The second-order valence-electron chi connectivity index (χ2n) is 8.97. The van der Waals surface area contributed by atoms with Crippen molar-refractivity contribution in [3.8, 4) is 0 Å². The lowest BCUT2D eigenvalue weighted by molar-refractivity contribution is 0.254. The lowest BCUT2D eigenvalue weighted by atomic mass is 10.2. The monoisotopic (exact) mass is 416 g/mol. The third-order valence-electron chi connectivity index (χ3n) is 4.65. The van der Waals surface area contributed by atoms with Gasteiger partial charge in [0.2, 0.25) is 0 Å². The lowest BCUT2D eigenvalue weighted by Gasteiger charge is -2.37. The first-order valence-corrected chi connectivity index (χ1v) is 14.2. The lowest BCUT2D eigenvalue weighted by Crippen LogP contribution is -2.46. The van der Waals surface area contributed by atoms with Crippen molar-refractivity contribution in [2.24, 2.45) is 0 Å². The van der Waals surface area contributed by atoms with Gasteiger partial charge in [0.25, 0.3) is 0 Å². The van der Waals surface area contributed by atoms with E-state index in [2.05, 4.69) is 56.6 Å². The summed E-state index contributed by atoms with van der Waals surface area (Å²) in [6, 6.07) is 3.91. The van der Waals surface area contributed by atoms with E-state index in [0.29, 0.717) is 6.61 Å². The van der Waals surface area contributed by atoms with Crippen molar-refractivity contribution in [3.63, 3.8) is 0 Å². The molecular formula is C19H36N2O2S2Si. The van der Waals surface area contributed by atoms with E-state index < -0.39 is 19.7 Å². The van der Waals surface area contributed by atoms with Crippen LogP contribution in [-0.4, -0.2) is 35.0 Å². The largest absolute Gasteiger partial charge is 0.598 e. The fourth-order valence-electron chi connectivity index (χ4n) is 1.84. The molecule has 1 heterocycles. The van der Waals surface area contributed by atoms with Crippen LogP contribution in [-0.2, 0) is 15.8 Å². The molecular weight excluding hydrogens is 380 g/mol. The summed E-state index contributed by atoms with van der Waals surface area (Å²) in [5.41, 5.74) is 0.877. The molecule has 1 aromatic rings. The number of aromatic nitrogens is 1. The average Bonchev–Trinajstić information content (AvgIpc) is 2.50. The number of rotatable bonds is 8. The van der Waals surface area contributed by atoms with Crippen LogP contribution in [0.25, 0.3) is 0 Å². The Balaban J connectivity index is 2.98. The quantitative estimate of drug-likeness (QED) is 0.353. The van der Waals surface area contributed by atoms with Crippen LogP contribution in [0.5, 0.6) is 0 Å². The second kappa shape index (κ2) is 9.43. The maximum Gasteiger partial charge on any atom is 0.192 e. The Kier molecular flexibility index (Phi) is 8.70. The molecule has 150 valence electrons. The van der Waals surface area contributed by atoms with E-state index in [1.54, 1.807) is 11.8 Å². The zero-order valence-electron chi connectivity index (χ0n) is 17.8. The summed E-state index contributed by atoms with van der Waals surface area (Å²) in [7, 11) is -1.89. The van der Waals surface area contributed by atoms with Gasteiger partial charge < -0.3 is 8.98 Å². The van der Waals surface area contributed by atoms with Gasteiger partial charge in [-0.15, -0.1) is 16.5 Å². The molecule has 0 bridgehead atoms. The SMILES string of the molecule is CCSc1ccc([C@@H](CO[Si](C)(C)C(C)(C)C)N[S@+]([O-])C(C)(C)C)nc1. The standard InChI is InChI=1S/C19H36N2O2S2Si/c1-10-24-15-11-12-16(20-13-15)17(21-25(22)18(2,3)4)14-23-26(8,9)19(5,6)7/h11-13,17,21H,10,14H2,1-9H3/t17-,25-/m1/s1. The topological polar surface area (TPSA) is 57.2 Å². The molecule has 0 aromatic carbocycles. The molecule has 7 heteroatoms. The van der Waals surface area contributed by atoms with Gasteiger partial charge in [-0.05, 0) is 56.8 Å². The number of nitrogens with zero attached hydrogens (tertiary/aromatic N) is 1. The molecule has 0 saturated carbocycles. The summed E-state index contributed by atoms with van der Waals surface area (Å²) in [6.45, 7) is 19.7. The van der Waals surface area contributed by atoms with Gasteiger partial charge >= 0.3 is 0 Å². The van der Waals surface area contributed by atoms with Crippen LogP contribution < -0.4 is 4.72 Å². The van der Waals surface area contributed by atoms with Gasteiger partial charge in [-0.25, -0.2) is 0 Å². The molecule has 1 rings (SSSR count). The third-order valence-corrected chi connectivity index (χ3v) is 11.6. The van der Waals surface area contributed by atoms with Crippen molar-refractivity contribution in [1.82, 2.24) is 9.71 Å². The zero-order chi connectivity index (χ0) is 20.2. The highest BCUT2D eigenvalue weighted by Crippen LogP contribution is 2.37. The van der Waals surface area contributed by atoms with Crippen molar-refractivity contribution in [3.05, 3.63) is 24.0 Å². The van der Waals surface area contributed by atoms with E-state index in [9.17, 15) is 4.55 Å². The minimum atomic E-state index is -1.89. The number of hydrogen-bond acceptors (Lipinski definition) is 5. The number of pyridine rings is 1. The van der Waals surface area contributed by atoms with E-state index in [1.165, 1.54) is 0 Å². The first-order valence-electron chi connectivity index (χ1n) is 9.18. The Labute approximate surface area is 168 Å². The summed E-state index contributed by atoms with van der Waals surface area (Å²) < 4.78 is 22.0. The molecule has 1 aromatic heterocycles. The molecule has 0 saturated heterocycles. The van der Waals surface area contributed by atoms with Crippen LogP contribution in [0.3, 0.4) is 0 Å². The minimum Gasteiger partial charge on any atom is -0.598 e. The maximum absolute atomic E-state index is 12.7. The van der Waals surface area contributed by atoms with E-state index >= 15 is 0 Å². The Morgan fingerprint density at radius 1 is 1.23 bits per heavy atom. The molecule has 1 N–H and O–H groups in total. The molecule has 0 amide bonds. The summed E-state index contributed by atoms with van der Waals surface area (Å²) in [5, 5.41) is 0.135. The third kappa shape index (κ3) is 7.17. The highest BCUT2D eigenvalue weighted by Gasteiger charge is 2.39. The predicted molar refractivity (Wildman–Crippen MR) is 118 cm³/mol. The highest BCUT2D eigenvalue weighted by molar-refractivity contribution is 7.99. The molecule has 26 heavy (non-hydrogen) atoms. The molecule has 0 aliphatic rings. The van der Waals surface area contributed by atoms with Crippen LogP contribution >= 0.6 is 11.8 Å². The molecule has 4 nitrogen and oxygen atoms in total. The Hall–Kier alpha value is -0.0531. The molecule has 0 fully saturated rings. The maximum atomic E-state index is 12.7. The normalized spacial score (nSPS) is 15.8. The Bertz CT molecular complexity index is 554. The van der Waals surface area contributed by atoms with Gasteiger partial charge in [0, 0.05) is 22.5 Å². The first-order chi connectivity index (χ1) is 11.8. The van der Waals surface area contributed by atoms with Crippen LogP contribution in [0, 0.1) is 0 Å². The van der Waals surface area contributed by atoms with Gasteiger partial charge in [0.05, 0.1) is 12.3 Å². The van der Waals surface area contributed by atoms with E-state index in [1.807, 2.05) is 33.0 Å². The molecule has 0 aliphatic heterocycles. The van der Waals surface area contributed by atoms with E-state index in [0.717, 1.165) is 16.3 Å². The number of hydrogen-bond donors (Lipinski definition) is 1. The van der Waals surface area contributed by atoms with E-state index in [-0.39, 0.29) is 15.8 Å². The van der Waals surface area contributed by atoms with Gasteiger partial charge in [-0.3, -0.25) is 4.98 Å². The van der Waals surface area contributed by atoms with Crippen molar-refractivity contribution in [1.29, 1.82) is 0 Å². The Morgan fingerprint density at radius 3 is 2.27 bits per heavy atom. The van der Waals surface area contributed by atoms with Gasteiger partial charge in [-0.1, -0.05) is 27.7 Å². The highest BCUT2D eigenvalue weighted by atomic mass is 32.2. The van der Waals surface area contributed by atoms with Gasteiger partial charge in [0.15, 0.2) is 8.32 Å². The van der Waals surface area contributed by atoms with Crippen LogP contribution in [0.4, 0.5) is 0 Å². The van der Waals surface area contributed by atoms with Crippen LogP contribution in [0.2, 0.25) is 18.1 Å². The van der Waals surface area contributed by atoms with Crippen molar-refractivity contribution in [2.75, 3.05) is 12.4 Å². The number of nitrogens with one attached hydrogen (secondary N) is 1. The fraction of sp³-hybridized carbons (Fsp3) is 0.737. The van der Waals surface area contributed by atoms with Crippen molar-refractivity contribution in [2.45, 2.75) is 82.3 Å². The van der Waals surface area contributed by atoms with Crippen LogP contribution in [0.15, 0.2) is 23.2 Å². The smallest absolute Gasteiger partial charge is 0.192 e. The van der Waals surface area contributed by atoms with Crippen molar-refractivity contribution >= 4 is 31.4 Å². The fourth-order valence-corrected chi connectivity index (χ4v) is 4.29. The second-order valence-corrected chi connectivity index (χ2v) is 17.1. The van der Waals surface area contributed by atoms with Gasteiger partial charge in [-0.2, -0.15) is 0 Å². The minimum absolute atomic E-state index is 0.135. The molecule has 2 atom stereocenters. The zero-order valence-corrected chi connectivity index (χ0v) is 20.4. The molecule has 0 aliphatic carbocycles. The van der Waals surface area contributed by atoms with Crippen molar-refractivity contribution < 1.29 is 8.98 Å². The molecule has 0 spiro atoms. The summed E-state index contributed by atoms with van der Waals surface area (Å²) in [5.74, 6) is 1.02. The molecule has 0 unspecified atom stereocenters. The predicted octanol–water partition coefficient (Wildman–Crippen LogP) is 5.31. The summed E-state index contributed by atoms with van der Waals surface area (Å²) in [6.07, 6.45) is 1.89.